The van der Waals surface area contributed by atoms with E-state index in [0.29, 0.717) is 0 Å². The molecule has 0 amide bonds. The van der Waals surface area contributed by atoms with Crippen LogP contribution in [0.5, 0.6) is 0 Å². The summed E-state index contributed by atoms with van der Waals surface area (Å²) in [4.78, 5) is 0. The van der Waals surface area contributed by atoms with E-state index in [0.717, 1.165) is 6.42 Å². The molecule has 0 aliphatic rings. The summed E-state index contributed by atoms with van der Waals surface area (Å²) in [5.41, 5.74) is 5.42. The summed E-state index contributed by atoms with van der Waals surface area (Å²) >= 11 is 0. The van der Waals surface area contributed by atoms with Crippen molar-refractivity contribution in [2.75, 3.05) is 0 Å². The van der Waals surface area contributed by atoms with E-state index in [9.17, 15) is 0 Å². The lowest BCUT2D eigenvalue weighted by Crippen LogP contribution is -1.83. The highest BCUT2D eigenvalue weighted by Gasteiger charge is 1.94. The van der Waals surface area contributed by atoms with Gasteiger partial charge in [0.1, 0.15) is 0 Å². The van der Waals surface area contributed by atoms with Gasteiger partial charge in [-0.25, -0.2) is 0 Å². The number of hydrogen-bond acceptors (Lipinski definition) is 0. The van der Waals surface area contributed by atoms with E-state index in [2.05, 4.69) is 65.8 Å². The van der Waals surface area contributed by atoms with Gasteiger partial charge in [0.2, 0.25) is 0 Å². The van der Waals surface area contributed by atoms with Crippen molar-refractivity contribution in [2.45, 2.75) is 61.8 Å². The summed E-state index contributed by atoms with van der Waals surface area (Å²) < 4.78 is 0. The fourth-order valence-corrected chi connectivity index (χ4v) is 1.36. The molecule has 0 nitrogen and oxygen atoms in total. The third kappa shape index (κ3) is 9.86. The third-order valence-corrected chi connectivity index (χ3v) is 2.27. The van der Waals surface area contributed by atoms with E-state index in [1.165, 1.54) is 22.3 Å². The number of rotatable bonds is 4. The zero-order valence-electron chi connectivity index (χ0n) is 13.0. The highest BCUT2D eigenvalue weighted by atomic mass is 14.0. The van der Waals surface area contributed by atoms with Gasteiger partial charge in [0.05, 0.1) is 0 Å². The van der Waals surface area contributed by atoms with Crippen LogP contribution in [0.4, 0.5) is 0 Å². The van der Waals surface area contributed by atoms with Gasteiger partial charge in [-0.1, -0.05) is 56.2 Å². The van der Waals surface area contributed by atoms with Crippen LogP contribution in [0.2, 0.25) is 0 Å². The summed E-state index contributed by atoms with van der Waals surface area (Å²) in [6.07, 6.45) is 9.89. The van der Waals surface area contributed by atoms with Crippen molar-refractivity contribution in [3.05, 3.63) is 46.6 Å². The van der Waals surface area contributed by atoms with Gasteiger partial charge in [0, 0.05) is 0 Å². The molecule has 0 saturated heterocycles. The fraction of sp³-hybridized carbons (Fsp3) is 0.529. The van der Waals surface area contributed by atoms with E-state index < -0.39 is 0 Å². The molecule has 0 aliphatic heterocycles. The van der Waals surface area contributed by atoms with Crippen molar-refractivity contribution in [3.63, 3.8) is 0 Å². The standard InChI is InChI=1S/C15H24.C2H6/c1-7-9-15(11-13(5)8-2)14(6)10-12(3)4;1-2/h7,9-11H,8H2,1-6H3;1-2H3/b9-7-,13-11-,15-14+;. The van der Waals surface area contributed by atoms with Crippen LogP contribution in [-0.2, 0) is 0 Å². The minimum atomic E-state index is 1.11. The molecule has 0 atom stereocenters. The molecule has 0 heteroatoms. The average molecular weight is 234 g/mol. The molecule has 98 valence electrons. The molecule has 0 bridgehead atoms. The molecule has 0 aromatic heterocycles. The normalized spacial score (nSPS) is 12.8. The Morgan fingerprint density at radius 2 is 1.47 bits per heavy atom. The minimum Gasteiger partial charge on any atom is -0.0871 e. The van der Waals surface area contributed by atoms with Crippen molar-refractivity contribution in [1.29, 1.82) is 0 Å². The molecule has 17 heavy (non-hydrogen) atoms. The highest BCUT2D eigenvalue weighted by molar-refractivity contribution is 5.41. The van der Waals surface area contributed by atoms with Gasteiger partial charge in [0.25, 0.3) is 0 Å². The lowest BCUT2D eigenvalue weighted by molar-refractivity contribution is 1.09. The maximum absolute atomic E-state index is 2.27. The third-order valence-electron chi connectivity index (χ3n) is 2.27. The zero-order chi connectivity index (χ0) is 13.8. The lowest BCUT2D eigenvalue weighted by Gasteiger charge is -2.03. The predicted octanol–water partition coefficient (Wildman–Crippen LogP) is 6.23. The smallest absolute Gasteiger partial charge is 0.0231 e. The van der Waals surface area contributed by atoms with Crippen LogP contribution in [0.15, 0.2) is 46.6 Å². The van der Waals surface area contributed by atoms with Gasteiger partial charge in [-0.3, -0.25) is 0 Å². The Morgan fingerprint density at radius 1 is 0.941 bits per heavy atom. The van der Waals surface area contributed by atoms with E-state index >= 15 is 0 Å². The quantitative estimate of drug-likeness (QED) is 0.506. The van der Waals surface area contributed by atoms with E-state index in [1.807, 2.05) is 13.8 Å². The zero-order valence-corrected chi connectivity index (χ0v) is 13.0. The van der Waals surface area contributed by atoms with Crippen LogP contribution >= 0.6 is 0 Å². The topological polar surface area (TPSA) is 0 Å². The highest BCUT2D eigenvalue weighted by Crippen LogP contribution is 2.14. The summed E-state index contributed by atoms with van der Waals surface area (Å²) in [6, 6.07) is 0. The fourth-order valence-electron chi connectivity index (χ4n) is 1.36. The molecule has 0 radical (unpaired) electrons. The minimum absolute atomic E-state index is 1.11. The Hall–Kier alpha value is -1.04. The predicted molar refractivity (Wildman–Crippen MR) is 82.3 cm³/mol. The van der Waals surface area contributed by atoms with Crippen LogP contribution in [0.3, 0.4) is 0 Å². The second-order valence-corrected chi connectivity index (χ2v) is 4.20. The van der Waals surface area contributed by atoms with Gasteiger partial charge >= 0.3 is 0 Å². The van der Waals surface area contributed by atoms with Gasteiger partial charge in [-0.05, 0) is 52.2 Å². The molecule has 0 spiro atoms. The Kier molecular flexibility index (Phi) is 12.3. The van der Waals surface area contributed by atoms with Crippen LogP contribution < -0.4 is 0 Å². The van der Waals surface area contributed by atoms with Crippen molar-refractivity contribution in [3.8, 4) is 0 Å². The molecular weight excluding hydrogens is 204 g/mol. The summed E-state index contributed by atoms with van der Waals surface area (Å²) in [6.45, 7) is 16.9. The molecule has 0 fully saturated rings. The number of hydrogen-bond donors (Lipinski definition) is 0. The van der Waals surface area contributed by atoms with Crippen LogP contribution in [0.1, 0.15) is 61.8 Å². The Bertz CT molecular complexity index is 305. The van der Waals surface area contributed by atoms with Gasteiger partial charge in [0.15, 0.2) is 0 Å². The van der Waals surface area contributed by atoms with Crippen molar-refractivity contribution in [1.82, 2.24) is 0 Å². The first-order valence-electron chi connectivity index (χ1n) is 6.66. The largest absolute Gasteiger partial charge is 0.0871 e. The van der Waals surface area contributed by atoms with Gasteiger partial charge < -0.3 is 0 Å². The van der Waals surface area contributed by atoms with E-state index in [1.54, 1.807) is 0 Å². The molecule has 0 aliphatic carbocycles. The van der Waals surface area contributed by atoms with Crippen molar-refractivity contribution in [2.24, 2.45) is 0 Å². The Morgan fingerprint density at radius 3 is 1.82 bits per heavy atom. The Labute approximate surface area is 109 Å². The molecule has 0 aromatic rings. The maximum Gasteiger partial charge on any atom is -0.0231 e. The lowest BCUT2D eigenvalue weighted by atomic mass is 10.0. The second-order valence-electron chi connectivity index (χ2n) is 4.20. The maximum atomic E-state index is 2.27. The van der Waals surface area contributed by atoms with Crippen molar-refractivity contribution >= 4 is 0 Å². The van der Waals surface area contributed by atoms with Crippen LogP contribution in [0.25, 0.3) is 0 Å². The summed E-state index contributed by atoms with van der Waals surface area (Å²) in [5.74, 6) is 0. The summed E-state index contributed by atoms with van der Waals surface area (Å²) in [7, 11) is 0. The second kappa shape index (κ2) is 11.4. The molecule has 0 heterocycles. The molecule has 0 saturated carbocycles. The van der Waals surface area contributed by atoms with Gasteiger partial charge in [-0.2, -0.15) is 0 Å². The number of allylic oxidation sites excluding steroid dienone is 8. The van der Waals surface area contributed by atoms with Crippen molar-refractivity contribution < 1.29 is 0 Å². The van der Waals surface area contributed by atoms with Gasteiger partial charge in [-0.15, -0.1) is 0 Å². The molecule has 0 N–H and O–H groups in total. The molecule has 0 rings (SSSR count). The van der Waals surface area contributed by atoms with E-state index in [4.69, 9.17) is 0 Å². The van der Waals surface area contributed by atoms with Crippen LogP contribution in [0, 0.1) is 0 Å². The first kappa shape index (κ1) is 18.3. The monoisotopic (exact) mass is 234 g/mol. The first-order chi connectivity index (χ1) is 8.01. The molecular formula is C17H30. The van der Waals surface area contributed by atoms with E-state index in [-0.39, 0.29) is 0 Å². The molecule has 0 aromatic carbocycles. The molecule has 0 unspecified atom stereocenters. The summed E-state index contributed by atoms with van der Waals surface area (Å²) in [5, 5.41) is 0. The Balaban J connectivity index is 0. The van der Waals surface area contributed by atoms with Crippen LogP contribution in [-0.4, -0.2) is 0 Å². The SMILES string of the molecule is CC.C\C=C/C(/C=C(/C)CC)=C(/C)C=C(C)C. The average Bonchev–Trinajstić information content (AvgIpc) is 2.30. The first-order valence-corrected chi connectivity index (χ1v) is 6.66.